The maximum Gasteiger partial charge on any atom is 0.315 e. The molecule has 9 heteroatoms. The normalized spacial score (nSPS) is 11.3. The van der Waals surface area contributed by atoms with Crippen LogP contribution in [-0.4, -0.2) is 38.1 Å². The fourth-order valence-corrected chi connectivity index (χ4v) is 3.65. The monoisotopic (exact) mass is 371 g/mol. The number of benzene rings is 1. The third-order valence-corrected chi connectivity index (χ3v) is 4.69. The van der Waals surface area contributed by atoms with E-state index in [1.54, 1.807) is 38.1 Å². The van der Waals surface area contributed by atoms with Crippen molar-refractivity contribution in [3.05, 3.63) is 35.4 Å². The Hall–Kier alpha value is -2.13. The van der Waals surface area contributed by atoms with Crippen LogP contribution in [0.1, 0.15) is 37.8 Å². The second-order valence-corrected chi connectivity index (χ2v) is 7.66. The van der Waals surface area contributed by atoms with Crippen molar-refractivity contribution in [2.75, 3.05) is 6.54 Å². The van der Waals surface area contributed by atoms with Crippen molar-refractivity contribution < 1.29 is 23.1 Å². The third kappa shape index (κ3) is 9.06. The summed E-state index contributed by atoms with van der Waals surface area (Å²) in [6.07, 6.45) is 0.336. The van der Waals surface area contributed by atoms with E-state index in [0.717, 1.165) is 0 Å². The minimum atomic E-state index is -3.45. The highest BCUT2D eigenvalue weighted by Crippen LogP contribution is 2.12. The van der Waals surface area contributed by atoms with E-state index in [1.165, 1.54) is 0 Å². The number of hydrogen-bond acceptors (Lipinski definition) is 4. The van der Waals surface area contributed by atoms with E-state index in [4.69, 9.17) is 5.11 Å². The number of rotatable bonds is 10. The van der Waals surface area contributed by atoms with Crippen molar-refractivity contribution >= 4 is 22.0 Å². The zero-order valence-corrected chi connectivity index (χ0v) is 15.2. The summed E-state index contributed by atoms with van der Waals surface area (Å²) < 4.78 is 26.7. The molecule has 0 saturated carbocycles. The number of sulfonamides is 1. The lowest BCUT2D eigenvalue weighted by atomic mass is 10.1. The van der Waals surface area contributed by atoms with Gasteiger partial charge in [0.1, 0.15) is 0 Å². The first kappa shape index (κ1) is 20.9. The van der Waals surface area contributed by atoms with E-state index >= 15 is 0 Å². The molecule has 1 aromatic carbocycles. The van der Waals surface area contributed by atoms with Crippen molar-refractivity contribution in [2.45, 2.75) is 45.0 Å². The van der Waals surface area contributed by atoms with E-state index in [9.17, 15) is 18.0 Å². The summed E-state index contributed by atoms with van der Waals surface area (Å²) >= 11 is 0. The average molecular weight is 371 g/mol. The zero-order valence-electron chi connectivity index (χ0n) is 14.4. The predicted molar refractivity (Wildman–Crippen MR) is 94.4 cm³/mol. The Labute approximate surface area is 148 Å². The van der Waals surface area contributed by atoms with Gasteiger partial charge in [0.25, 0.3) is 0 Å². The first-order valence-corrected chi connectivity index (χ1v) is 9.65. The highest BCUT2D eigenvalue weighted by atomic mass is 32.2. The Bertz CT molecular complexity index is 689. The molecule has 1 rings (SSSR count). The molecule has 0 radical (unpaired) electrons. The van der Waals surface area contributed by atoms with E-state index in [2.05, 4.69) is 15.4 Å². The molecule has 140 valence electrons. The van der Waals surface area contributed by atoms with Gasteiger partial charge in [-0.15, -0.1) is 0 Å². The van der Waals surface area contributed by atoms with E-state index in [0.29, 0.717) is 17.5 Å². The third-order valence-electron chi connectivity index (χ3n) is 3.17. The molecule has 0 saturated heterocycles. The summed E-state index contributed by atoms with van der Waals surface area (Å²) in [5, 5.41) is 13.7. The van der Waals surface area contributed by atoms with Gasteiger partial charge in [0.05, 0.1) is 5.75 Å². The lowest BCUT2D eigenvalue weighted by Gasteiger charge is -2.13. The molecule has 0 aromatic heterocycles. The van der Waals surface area contributed by atoms with Crippen LogP contribution >= 0.6 is 0 Å². The fraction of sp³-hybridized carbons (Fsp3) is 0.500. The van der Waals surface area contributed by atoms with Crippen LogP contribution in [0.2, 0.25) is 0 Å². The van der Waals surface area contributed by atoms with Crippen LogP contribution in [0.25, 0.3) is 0 Å². The Morgan fingerprint density at radius 1 is 1.12 bits per heavy atom. The number of amides is 2. The molecule has 2 amide bonds. The molecule has 1 aromatic rings. The Morgan fingerprint density at radius 2 is 1.76 bits per heavy atom. The molecule has 0 atom stereocenters. The van der Waals surface area contributed by atoms with Crippen molar-refractivity contribution in [3.63, 3.8) is 0 Å². The number of carboxylic acids is 1. The smallest absolute Gasteiger partial charge is 0.315 e. The number of nitrogens with one attached hydrogen (secondary N) is 3. The maximum absolute atomic E-state index is 12.1. The van der Waals surface area contributed by atoms with Crippen molar-refractivity contribution in [1.82, 2.24) is 15.4 Å². The second kappa shape index (κ2) is 10.00. The Morgan fingerprint density at radius 3 is 2.36 bits per heavy atom. The lowest BCUT2D eigenvalue weighted by molar-refractivity contribution is -0.137. The molecule has 0 aliphatic heterocycles. The number of carbonyl (C=O) groups is 2. The van der Waals surface area contributed by atoms with Crippen LogP contribution in [0.3, 0.4) is 0 Å². The fourth-order valence-electron chi connectivity index (χ4n) is 2.16. The van der Waals surface area contributed by atoms with E-state index < -0.39 is 22.0 Å². The quantitative estimate of drug-likeness (QED) is 0.460. The van der Waals surface area contributed by atoms with Crippen LogP contribution in [0.4, 0.5) is 4.79 Å². The van der Waals surface area contributed by atoms with E-state index in [1.807, 2.05) is 0 Å². The standard InChI is InChI=1S/C16H25N3O5S/c1-12(2)19-25(23,24)11-14-7-4-3-6-13(14)10-18-16(22)17-9-5-8-15(20)21/h3-4,6-7,12,19H,5,8-11H2,1-2H3,(H,20,21)(H2,17,18,22). The first-order valence-electron chi connectivity index (χ1n) is 8.00. The zero-order chi connectivity index (χ0) is 18.9. The molecule has 25 heavy (non-hydrogen) atoms. The summed E-state index contributed by atoms with van der Waals surface area (Å²) in [6, 6.07) is 6.37. The highest BCUT2D eigenvalue weighted by Gasteiger charge is 2.15. The molecular weight excluding hydrogens is 346 g/mol. The van der Waals surface area contributed by atoms with Crippen LogP contribution < -0.4 is 15.4 Å². The number of carbonyl (C=O) groups excluding carboxylic acids is 1. The first-order chi connectivity index (χ1) is 11.7. The van der Waals surface area contributed by atoms with Crippen LogP contribution in [0.5, 0.6) is 0 Å². The highest BCUT2D eigenvalue weighted by molar-refractivity contribution is 7.88. The lowest BCUT2D eigenvalue weighted by Crippen LogP contribution is -2.36. The molecule has 8 nitrogen and oxygen atoms in total. The van der Waals surface area contributed by atoms with Gasteiger partial charge in [-0.05, 0) is 31.4 Å². The molecule has 4 N–H and O–H groups in total. The minimum Gasteiger partial charge on any atom is -0.481 e. The molecule has 0 spiro atoms. The molecule has 0 heterocycles. The van der Waals surface area contributed by atoms with Gasteiger partial charge >= 0.3 is 12.0 Å². The number of urea groups is 1. The van der Waals surface area contributed by atoms with Crippen LogP contribution in [0, 0.1) is 0 Å². The molecule has 0 aliphatic carbocycles. The molecule has 0 unspecified atom stereocenters. The van der Waals surface area contributed by atoms with Crippen molar-refractivity contribution in [2.24, 2.45) is 0 Å². The van der Waals surface area contributed by atoms with Crippen LogP contribution in [0.15, 0.2) is 24.3 Å². The SMILES string of the molecule is CC(C)NS(=O)(=O)Cc1ccccc1CNC(=O)NCCCC(=O)O. The van der Waals surface area contributed by atoms with Gasteiger partial charge in [-0.1, -0.05) is 24.3 Å². The summed E-state index contributed by atoms with van der Waals surface area (Å²) in [7, 11) is -3.45. The number of hydrogen-bond donors (Lipinski definition) is 4. The summed E-state index contributed by atoms with van der Waals surface area (Å²) in [6.45, 7) is 3.93. The summed E-state index contributed by atoms with van der Waals surface area (Å²) in [5.74, 6) is -1.07. The predicted octanol–water partition coefficient (Wildman–Crippen LogP) is 1.18. The summed E-state index contributed by atoms with van der Waals surface area (Å²) in [4.78, 5) is 22.1. The van der Waals surface area contributed by atoms with Crippen molar-refractivity contribution in [3.8, 4) is 0 Å². The largest absolute Gasteiger partial charge is 0.481 e. The van der Waals surface area contributed by atoms with E-state index in [-0.39, 0.29) is 31.3 Å². The van der Waals surface area contributed by atoms with Gasteiger partial charge in [0.2, 0.25) is 10.0 Å². The second-order valence-electron chi connectivity index (χ2n) is 5.91. The van der Waals surface area contributed by atoms with Gasteiger partial charge in [-0.2, -0.15) is 0 Å². The summed E-state index contributed by atoms with van der Waals surface area (Å²) in [5.41, 5.74) is 1.32. The van der Waals surface area contributed by atoms with Gasteiger partial charge in [-0.3, -0.25) is 4.79 Å². The van der Waals surface area contributed by atoms with Crippen LogP contribution in [-0.2, 0) is 27.1 Å². The number of carboxylic acid groups (broad SMARTS) is 1. The molecule has 0 bridgehead atoms. The van der Waals surface area contributed by atoms with Gasteiger partial charge < -0.3 is 15.7 Å². The molecular formula is C16H25N3O5S. The van der Waals surface area contributed by atoms with Gasteiger partial charge in [0.15, 0.2) is 0 Å². The molecule has 0 fully saturated rings. The molecule has 0 aliphatic rings. The topological polar surface area (TPSA) is 125 Å². The average Bonchev–Trinajstić information content (AvgIpc) is 2.48. The minimum absolute atomic E-state index is 0.0101. The van der Waals surface area contributed by atoms with Gasteiger partial charge in [0, 0.05) is 25.6 Å². The van der Waals surface area contributed by atoms with Crippen molar-refractivity contribution in [1.29, 1.82) is 0 Å². The Balaban J connectivity index is 2.57. The van der Waals surface area contributed by atoms with Gasteiger partial charge in [-0.25, -0.2) is 17.9 Å². The maximum atomic E-state index is 12.1. The number of aliphatic carboxylic acids is 1. The Kier molecular flexibility index (Phi) is 8.36.